The number of rotatable bonds is 7. The smallest absolute Gasteiger partial charge is 0.275 e. The topological polar surface area (TPSA) is 62.6 Å². The monoisotopic (exact) mass is 342 g/mol. The SMILES string of the molecule is CC(C)NC(=O)C[NH+](C)CC(=O)N[C@@H](C)c1ccc2ccccc2c1. The molecule has 2 aromatic rings. The first-order chi connectivity index (χ1) is 11.8. The second kappa shape index (κ2) is 8.62. The van der Waals surface area contributed by atoms with Crippen molar-refractivity contribution in [2.24, 2.45) is 0 Å². The summed E-state index contributed by atoms with van der Waals surface area (Å²) in [4.78, 5) is 24.9. The number of benzene rings is 2. The molecule has 0 aliphatic carbocycles. The molecule has 0 aromatic heterocycles. The van der Waals surface area contributed by atoms with E-state index in [1.807, 2.05) is 46.0 Å². The van der Waals surface area contributed by atoms with Crippen molar-refractivity contribution in [3.05, 3.63) is 48.0 Å². The van der Waals surface area contributed by atoms with Crippen LogP contribution in [-0.2, 0) is 9.59 Å². The van der Waals surface area contributed by atoms with Gasteiger partial charge in [0.05, 0.1) is 13.1 Å². The Morgan fingerprint density at radius 3 is 2.16 bits per heavy atom. The third kappa shape index (κ3) is 5.87. The summed E-state index contributed by atoms with van der Waals surface area (Å²) in [7, 11) is 1.85. The zero-order valence-corrected chi connectivity index (χ0v) is 15.4. The molecule has 2 aromatic carbocycles. The van der Waals surface area contributed by atoms with Gasteiger partial charge in [-0.15, -0.1) is 0 Å². The first kappa shape index (κ1) is 18.9. The Labute approximate surface area is 149 Å². The quantitative estimate of drug-likeness (QED) is 0.704. The van der Waals surface area contributed by atoms with Gasteiger partial charge in [0.1, 0.15) is 0 Å². The Balaban J connectivity index is 1.89. The fourth-order valence-electron chi connectivity index (χ4n) is 2.84. The van der Waals surface area contributed by atoms with Crippen LogP contribution in [0.3, 0.4) is 0 Å². The van der Waals surface area contributed by atoms with Crippen LogP contribution in [0.4, 0.5) is 0 Å². The molecule has 0 heterocycles. The van der Waals surface area contributed by atoms with E-state index in [4.69, 9.17) is 0 Å². The summed E-state index contributed by atoms with van der Waals surface area (Å²) in [5, 5.41) is 8.20. The van der Waals surface area contributed by atoms with Gasteiger partial charge < -0.3 is 15.5 Å². The molecule has 134 valence electrons. The summed E-state index contributed by atoms with van der Waals surface area (Å²) >= 11 is 0. The Hall–Kier alpha value is -2.40. The first-order valence-corrected chi connectivity index (χ1v) is 8.74. The number of quaternary nitrogens is 1. The maximum absolute atomic E-state index is 12.2. The van der Waals surface area contributed by atoms with Gasteiger partial charge >= 0.3 is 0 Å². The molecule has 3 N–H and O–H groups in total. The Morgan fingerprint density at radius 1 is 0.920 bits per heavy atom. The van der Waals surface area contributed by atoms with Crippen molar-refractivity contribution in [1.29, 1.82) is 0 Å². The third-order valence-electron chi connectivity index (χ3n) is 4.03. The maximum Gasteiger partial charge on any atom is 0.275 e. The fraction of sp³-hybridized carbons (Fsp3) is 0.400. The Kier molecular flexibility index (Phi) is 6.53. The van der Waals surface area contributed by atoms with Crippen LogP contribution in [0.1, 0.15) is 32.4 Å². The van der Waals surface area contributed by atoms with Gasteiger partial charge in [0.2, 0.25) is 0 Å². The van der Waals surface area contributed by atoms with Gasteiger partial charge in [-0.25, -0.2) is 0 Å². The van der Waals surface area contributed by atoms with E-state index >= 15 is 0 Å². The Morgan fingerprint density at radius 2 is 1.52 bits per heavy atom. The number of likely N-dealkylation sites (N-methyl/N-ethyl adjacent to an activating group) is 1. The van der Waals surface area contributed by atoms with E-state index in [-0.39, 0.29) is 37.0 Å². The molecule has 0 radical (unpaired) electrons. The highest BCUT2D eigenvalue weighted by Gasteiger charge is 2.16. The highest BCUT2D eigenvalue weighted by Crippen LogP contribution is 2.20. The summed E-state index contributed by atoms with van der Waals surface area (Å²) in [5.74, 6) is -0.0987. The average molecular weight is 342 g/mol. The molecule has 0 aliphatic rings. The average Bonchev–Trinajstić information content (AvgIpc) is 2.52. The van der Waals surface area contributed by atoms with Crippen LogP contribution < -0.4 is 15.5 Å². The van der Waals surface area contributed by atoms with E-state index in [1.54, 1.807) is 0 Å². The van der Waals surface area contributed by atoms with Crippen molar-refractivity contribution in [2.45, 2.75) is 32.9 Å². The van der Waals surface area contributed by atoms with Gasteiger partial charge in [0.15, 0.2) is 13.1 Å². The molecule has 25 heavy (non-hydrogen) atoms. The van der Waals surface area contributed by atoms with Crippen LogP contribution in [0.5, 0.6) is 0 Å². The highest BCUT2D eigenvalue weighted by atomic mass is 16.2. The molecule has 0 aliphatic heterocycles. The van der Waals surface area contributed by atoms with E-state index in [9.17, 15) is 9.59 Å². The number of carbonyl (C=O) groups excluding carboxylic acids is 2. The van der Waals surface area contributed by atoms with Gasteiger partial charge in [-0.2, -0.15) is 0 Å². The summed E-state index contributed by atoms with van der Waals surface area (Å²) < 4.78 is 0. The largest absolute Gasteiger partial charge is 0.349 e. The van der Waals surface area contributed by atoms with Gasteiger partial charge in [-0.05, 0) is 43.2 Å². The van der Waals surface area contributed by atoms with E-state index < -0.39 is 0 Å². The van der Waals surface area contributed by atoms with Gasteiger partial charge in [-0.3, -0.25) is 9.59 Å². The van der Waals surface area contributed by atoms with Crippen molar-refractivity contribution in [3.8, 4) is 0 Å². The van der Waals surface area contributed by atoms with Crippen LogP contribution in [0, 0.1) is 0 Å². The normalized spacial score (nSPS) is 13.5. The summed E-state index contributed by atoms with van der Waals surface area (Å²) in [6, 6.07) is 14.4. The lowest BCUT2D eigenvalue weighted by Gasteiger charge is -2.18. The van der Waals surface area contributed by atoms with E-state index in [0.717, 1.165) is 15.8 Å². The molecular weight excluding hydrogens is 314 g/mol. The lowest BCUT2D eigenvalue weighted by atomic mass is 10.0. The van der Waals surface area contributed by atoms with Crippen LogP contribution in [0.25, 0.3) is 10.8 Å². The van der Waals surface area contributed by atoms with Crippen molar-refractivity contribution >= 4 is 22.6 Å². The van der Waals surface area contributed by atoms with E-state index in [2.05, 4.69) is 34.9 Å². The lowest BCUT2D eigenvalue weighted by Crippen LogP contribution is -3.11. The standard InChI is InChI=1S/C20H27N3O2/c1-14(2)21-19(24)12-23(4)13-20(25)22-15(3)17-10-9-16-7-5-6-8-18(16)11-17/h5-11,14-15H,12-13H2,1-4H3,(H,21,24)(H,22,25)/p+1/t15-/m0/s1. The summed E-state index contributed by atoms with van der Waals surface area (Å²) in [6.07, 6.45) is 0. The van der Waals surface area contributed by atoms with E-state index in [0.29, 0.717) is 0 Å². The second-order valence-electron chi connectivity index (χ2n) is 6.93. The number of carbonyl (C=O) groups is 2. The van der Waals surface area contributed by atoms with Crippen molar-refractivity contribution in [1.82, 2.24) is 10.6 Å². The third-order valence-corrected chi connectivity index (χ3v) is 4.03. The number of amides is 2. The minimum absolute atomic E-state index is 0.0390. The second-order valence-corrected chi connectivity index (χ2v) is 6.93. The van der Waals surface area contributed by atoms with Gasteiger partial charge in [0, 0.05) is 6.04 Å². The first-order valence-electron chi connectivity index (χ1n) is 8.74. The predicted molar refractivity (Wildman–Crippen MR) is 100 cm³/mol. The van der Waals surface area contributed by atoms with Crippen molar-refractivity contribution < 1.29 is 14.5 Å². The lowest BCUT2D eigenvalue weighted by molar-refractivity contribution is -0.862. The Bertz CT molecular complexity index is 743. The minimum atomic E-state index is -0.0746. The van der Waals surface area contributed by atoms with Crippen LogP contribution in [0.15, 0.2) is 42.5 Å². The minimum Gasteiger partial charge on any atom is -0.349 e. The van der Waals surface area contributed by atoms with E-state index in [1.165, 1.54) is 5.39 Å². The maximum atomic E-state index is 12.2. The molecule has 2 amide bonds. The fourth-order valence-corrected chi connectivity index (χ4v) is 2.84. The van der Waals surface area contributed by atoms with Gasteiger partial charge in [0.25, 0.3) is 11.8 Å². The van der Waals surface area contributed by atoms with Gasteiger partial charge in [-0.1, -0.05) is 36.4 Å². The summed E-state index contributed by atoms with van der Waals surface area (Å²) in [6.45, 7) is 6.37. The molecular formula is C20H28N3O2+. The van der Waals surface area contributed by atoms with Crippen LogP contribution in [-0.4, -0.2) is 38.0 Å². The number of nitrogens with one attached hydrogen (secondary N) is 3. The van der Waals surface area contributed by atoms with Crippen LogP contribution >= 0.6 is 0 Å². The van der Waals surface area contributed by atoms with Crippen LogP contribution in [0.2, 0.25) is 0 Å². The molecule has 2 rings (SSSR count). The predicted octanol–water partition coefficient (Wildman–Crippen LogP) is 1.06. The number of fused-ring (bicyclic) bond motifs is 1. The molecule has 0 spiro atoms. The van der Waals surface area contributed by atoms with Crippen molar-refractivity contribution in [2.75, 3.05) is 20.1 Å². The molecule has 0 bridgehead atoms. The molecule has 0 fully saturated rings. The molecule has 0 saturated carbocycles. The molecule has 1 unspecified atom stereocenters. The zero-order chi connectivity index (χ0) is 18.4. The van der Waals surface area contributed by atoms with Crippen molar-refractivity contribution in [3.63, 3.8) is 0 Å². The highest BCUT2D eigenvalue weighted by molar-refractivity contribution is 5.83. The molecule has 0 saturated heterocycles. The molecule has 2 atom stereocenters. The number of hydrogen-bond acceptors (Lipinski definition) is 2. The molecule has 5 nitrogen and oxygen atoms in total. The zero-order valence-electron chi connectivity index (χ0n) is 15.4. The number of hydrogen-bond donors (Lipinski definition) is 3. The molecule has 5 heteroatoms. The summed E-state index contributed by atoms with van der Waals surface area (Å²) in [5.41, 5.74) is 1.07.